The van der Waals surface area contributed by atoms with E-state index in [1.165, 1.54) is 22.3 Å². The Kier molecular flexibility index (Phi) is 7.39. The van der Waals surface area contributed by atoms with Gasteiger partial charge in [0, 0.05) is 55.1 Å². The smallest absolute Gasteiger partial charge is 0.407 e. The summed E-state index contributed by atoms with van der Waals surface area (Å²) in [7, 11) is -3.94. The van der Waals surface area contributed by atoms with Crippen molar-refractivity contribution in [2.24, 2.45) is 5.41 Å². The van der Waals surface area contributed by atoms with E-state index in [0.29, 0.717) is 46.6 Å². The molecule has 6 aromatic rings. The molecule has 2 aliphatic heterocycles. The molecule has 0 atom stereocenters. The van der Waals surface area contributed by atoms with Crippen LogP contribution < -0.4 is 4.90 Å². The van der Waals surface area contributed by atoms with Gasteiger partial charge < -0.3 is 14.9 Å². The van der Waals surface area contributed by atoms with E-state index < -0.39 is 16.1 Å². The van der Waals surface area contributed by atoms with Crippen LogP contribution in [0.5, 0.6) is 0 Å². The lowest BCUT2D eigenvalue weighted by Crippen LogP contribution is -2.51. The molecule has 2 aliphatic rings. The number of rotatable bonds is 5. The molecule has 13 heteroatoms. The predicted molar refractivity (Wildman–Crippen MR) is 184 cm³/mol. The van der Waals surface area contributed by atoms with E-state index in [9.17, 15) is 22.7 Å². The second-order valence-corrected chi connectivity index (χ2v) is 14.9. The van der Waals surface area contributed by atoms with Crippen molar-refractivity contribution < 1.29 is 22.7 Å². The number of hydrogen-bond donors (Lipinski definition) is 1. The first-order valence-electron chi connectivity index (χ1n) is 16.3. The summed E-state index contributed by atoms with van der Waals surface area (Å²) in [5.74, 6) is 0.383. The lowest BCUT2D eigenvalue weighted by atomic mass is 9.72. The molecule has 2 saturated heterocycles. The molecule has 2 fully saturated rings. The number of piperidine rings is 2. The number of aryl methyl sites for hydroxylation is 1. The molecule has 6 heterocycles. The summed E-state index contributed by atoms with van der Waals surface area (Å²) in [6.45, 7) is 4.52. The maximum absolute atomic E-state index is 14.0. The maximum atomic E-state index is 14.0. The Morgan fingerprint density at radius 2 is 1.67 bits per heavy atom. The van der Waals surface area contributed by atoms with E-state index in [-0.39, 0.29) is 21.8 Å². The van der Waals surface area contributed by atoms with Crippen LogP contribution in [0.1, 0.15) is 31.2 Å². The third-order valence-corrected chi connectivity index (χ3v) is 11.7. The number of carboxylic acid groups (broad SMARTS) is 1. The highest BCUT2D eigenvalue weighted by Crippen LogP contribution is 2.41. The standard InChI is InChI=1S/C36H34FN7O4S/c1-24-3-9-27(10-4-24)49(47,48)43-20-14-29-28(13-18-38-34(29)43)33-32(25-5-7-26(37)8-6-25)39-30-11-12-31(40-44(30)33)41-21-16-36(17-22-41)15-2-19-42(23-36)35(45)46/h3-14,18,20H,2,15-17,19,21-23H2,1H3,(H,45,46). The third-order valence-electron chi connectivity index (χ3n) is 10.0. The average Bonchev–Trinajstić information content (AvgIpc) is 3.72. The van der Waals surface area contributed by atoms with Crippen LogP contribution in [-0.2, 0) is 10.0 Å². The van der Waals surface area contributed by atoms with Gasteiger partial charge in [0.2, 0.25) is 0 Å². The molecule has 1 N–H and O–H groups in total. The molecule has 0 saturated carbocycles. The first-order chi connectivity index (χ1) is 23.6. The fourth-order valence-electron chi connectivity index (χ4n) is 7.37. The molecule has 8 rings (SSSR count). The van der Waals surface area contributed by atoms with Gasteiger partial charge in [0.15, 0.2) is 11.3 Å². The van der Waals surface area contributed by atoms with E-state index in [2.05, 4.69) is 9.88 Å². The number of nitrogens with zero attached hydrogens (tertiary/aromatic N) is 7. The number of fused-ring (bicyclic) bond motifs is 2. The van der Waals surface area contributed by atoms with Crippen LogP contribution in [-0.4, -0.2) is 74.3 Å². The molecule has 0 radical (unpaired) electrons. The van der Waals surface area contributed by atoms with Crippen molar-refractivity contribution in [1.82, 2.24) is 28.5 Å². The van der Waals surface area contributed by atoms with Crippen molar-refractivity contribution in [2.75, 3.05) is 31.1 Å². The Bertz CT molecular complexity index is 2330. The largest absolute Gasteiger partial charge is 0.465 e. The number of amides is 1. The molecular weight excluding hydrogens is 646 g/mol. The summed E-state index contributed by atoms with van der Waals surface area (Å²) in [5.41, 5.74) is 4.31. The van der Waals surface area contributed by atoms with E-state index in [0.717, 1.165) is 50.2 Å². The number of imidazole rings is 1. The Balaban J connectivity index is 1.22. The summed E-state index contributed by atoms with van der Waals surface area (Å²) in [6, 6.07) is 20.2. The van der Waals surface area contributed by atoms with Gasteiger partial charge in [0.1, 0.15) is 17.3 Å². The van der Waals surface area contributed by atoms with Crippen LogP contribution in [0.2, 0.25) is 0 Å². The number of likely N-dealkylation sites (tertiary alicyclic amines) is 1. The van der Waals surface area contributed by atoms with Crippen LogP contribution in [0.3, 0.4) is 0 Å². The van der Waals surface area contributed by atoms with Crippen molar-refractivity contribution >= 4 is 38.6 Å². The summed E-state index contributed by atoms with van der Waals surface area (Å²) >= 11 is 0. The van der Waals surface area contributed by atoms with Crippen molar-refractivity contribution in [3.8, 4) is 22.5 Å². The van der Waals surface area contributed by atoms with E-state index in [1.807, 2.05) is 25.1 Å². The van der Waals surface area contributed by atoms with Gasteiger partial charge >= 0.3 is 6.09 Å². The highest BCUT2D eigenvalue weighted by atomic mass is 32.2. The molecule has 0 unspecified atom stereocenters. The fourth-order valence-corrected chi connectivity index (χ4v) is 8.67. The van der Waals surface area contributed by atoms with E-state index in [4.69, 9.17) is 10.1 Å². The number of carbonyl (C=O) groups is 1. The van der Waals surface area contributed by atoms with E-state index >= 15 is 0 Å². The molecule has 1 amide bonds. The maximum Gasteiger partial charge on any atom is 0.407 e. The van der Waals surface area contributed by atoms with Crippen LogP contribution >= 0.6 is 0 Å². The number of halogens is 1. The molecule has 2 aromatic carbocycles. The summed E-state index contributed by atoms with van der Waals surface area (Å²) in [6.07, 6.45) is 5.84. The zero-order valence-corrected chi connectivity index (χ0v) is 27.6. The zero-order chi connectivity index (χ0) is 33.9. The molecule has 0 bridgehead atoms. The van der Waals surface area contributed by atoms with Crippen LogP contribution in [0.25, 0.3) is 39.2 Å². The molecule has 0 aliphatic carbocycles. The van der Waals surface area contributed by atoms with Gasteiger partial charge in [-0.25, -0.2) is 36.1 Å². The van der Waals surface area contributed by atoms with Crippen LogP contribution in [0.15, 0.2) is 90.1 Å². The Morgan fingerprint density at radius 1 is 0.918 bits per heavy atom. The zero-order valence-electron chi connectivity index (χ0n) is 26.8. The molecular formula is C36H34FN7O4S. The molecule has 11 nitrogen and oxygen atoms in total. The number of benzene rings is 2. The lowest BCUT2D eigenvalue weighted by Gasteiger charge is -2.47. The van der Waals surface area contributed by atoms with Crippen molar-refractivity contribution in [3.05, 3.63) is 96.6 Å². The fraction of sp³-hybridized carbons (Fsp3) is 0.278. The monoisotopic (exact) mass is 679 g/mol. The van der Waals surface area contributed by atoms with Gasteiger partial charge in [0.25, 0.3) is 10.0 Å². The summed E-state index contributed by atoms with van der Waals surface area (Å²) in [4.78, 5) is 25.1. The quantitative estimate of drug-likeness (QED) is 0.220. The van der Waals surface area contributed by atoms with Crippen molar-refractivity contribution in [1.29, 1.82) is 0 Å². The van der Waals surface area contributed by atoms with Crippen molar-refractivity contribution in [2.45, 2.75) is 37.5 Å². The summed E-state index contributed by atoms with van der Waals surface area (Å²) in [5, 5.41) is 15.3. The minimum atomic E-state index is -3.94. The predicted octanol–water partition coefficient (Wildman–Crippen LogP) is 6.46. The Labute approximate surface area is 282 Å². The summed E-state index contributed by atoms with van der Waals surface area (Å²) < 4.78 is 44.5. The minimum absolute atomic E-state index is 0.0259. The van der Waals surface area contributed by atoms with Gasteiger partial charge in [-0.3, -0.25) is 0 Å². The highest BCUT2D eigenvalue weighted by Gasteiger charge is 2.40. The first-order valence-corrected chi connectivity index (χ1v) is 17.7. The second kappa shape index (κ2) is 11.7. The van der Waals surface area contributed by atoms with Gasteiger partial charge in [-0.1, -0.05) is 17.7 Å². The van der Waals surface area contributed by atoms with Gasteiger partial charge in [0.05, 0.1) is 10.6 Å². The second-order valence-electron chi connectivity index (χ2n) is 13.1. The average molecular weight is 680 g/mol. The van der Waals surface area contributed by atoms with Crippen molar-refractivity contribution in [3.63, 3.8) is 0 Å². The van der Waals surface area contributed by atoms with Crippen LogP contribution in [0, 0.1) is 18.2 Å². The lowest BCUT2D eigenvalue weighted by molar-refractivity contribution is 0.0613. The number of hydrogen-bond acceptors (Lipinski definition) is 7. The molecule has 4 aromatic heterocycles. The third kappa shape index (κ3) is 5.38. The van der Waals surface area contributed by atoms with E-state index in [1.54, 1.807) is 58.1 Å². The number of aromatic nitrogens is 5. The van der Waals surface area contributed by atoms with Gasteiger partial charge in [-0.15, -0.1) is 5.10 Å². The molecule has 250 valence electrons. The topological polar surface area (TPSA) is 126 Å². The Morgan fingerprint density at radius 3 is 2.41 bits per heavy atom. The van der Waals surface area contributed by atoms with Gasteiger partial charge in [-0.2, -0.15) is 0 Å². The normalized spacial score (nSPS) is 16.5. The number of anilines is 1. The minimum Gasteiger partial charge on any atom is -0.465 e. The molecule has 49 heavy (non-hydrogen) atoms. The van der Waals surface area contributed by atoms with Crippen LogP contribution in [0.4, 0.5) is 15.0 Å². The highest BCUT2D eigenvalue weighted by molar-refractivity contribution is 7.90. The van der Waals surface area contributed by atoms with Gasteiger partial charge in [-0.05, 0) is 98.7 Å². The first kappa shape index (κ1) is 31.0. The number of pyridine rings is 1. The molecule has 1 spiro atoms. The SMILES string of the molecule is Cc1ccc(S(=O)(=O)n2ccc3c(-c4c(-c5ccc(F)cc5)nc5ccc(N6CCC7(CCCN(C(=O)O)C7)CC6)nn45)ccnc32)cc1. The Hall–Kier alpha value is -5.30.